The lowest BCUT2D eigenvalue weighted by Gasteiger charge is -2.25. The van der Waals surface area contributed by atoms with Crippen LogP contribution >= 0.6 is 11.6 Å². The second kappa shape index (κ2) is 4.86. The van der Waals surface area contributed by atoms with E-state index in [1.807, 2.05) is 18.2 Å². The summed E-state index contributed by atoms with van der Waals surface area (Å²) in [5, 5.41) is 4.34. The van der Waals surface area contributed by atoms with Gasteiger partial charge in [0.2, 0.25) is 0 Å². The number of hydrogen-bond donors (Lipinski definition) is 1. The molecule has 3 aromatic rings. The molecule has 106 valence electrons. The average molecular weight is 298 g/mol. The van der Waals surface area contributed by atoms with Gasteiger partial charge in [-0.3, -0.25) is 0 Å². The Morgan fingerprint density at radius 3 is 2.86 bits per heavy atom. The first-order valence-electron chi connectivity index (χ1n) is 7.14. The monoisotopic (exact) mass is 297 g/mol. The molecule has 0 radical (unpaired) electrons. The molecule has 2 aromatic carbocycles. The van der Waals surface area contributed by atoms with Crippen LogP contribution in [-0.2, 0) is 20.0 Å². The normalized spacial score (nSPS) is 17.9. The fourth-order valence-electron chi connectivity index (χ4n) is 3.13. The Bertz CT molecular complexity index is 822. The van der Waals surface area contributed by atoms with Gasteiger partial charge in [-0.2, -0.15) is 0 Å². The summed E-state index contributed by atoms with van der Waals surface area (Å²) >= 11 is 6.10. The Morgan fingerprint density at radius 1 is 1.19 bits per heavy atom. The van der Waals surface area contributed by atoms with E-state index in [0.717, 1.165) is 34.8 Å². The Kier molecular flexibility index (Phi) is 2.98. The van der Waals surface area contributed by atoms with Crippen molar-refractivity contribution in [2.45, 2.75) is 19.0 Å². The van der Waals surface area contributed by atoms with E-state index in [0.29, 0.717) is 0 Å². The van der Waals surface area contributed by atoms with Crippen LogP contribution in [0.5, 0.6) is 0 Å². The Morgan fingerprint density at radius 2 is 2.00 bits per heavy atom. The van der Waals surface area contributed by atoms with Gasteiger partial charge in [-0.25, -0.2) is 4.98 Å². The van der Waals surface area contributed by atoms with Gasteiger partial charge >= 0.3 is 0 Å². The molecular formula is C17H16ClN3. The molecule has 1 aromatic heterocycles. The van der Waals surface area contributed by atoms with Gasteiger partial charge in [0, 0.05) is 18.6 Å². The van der Waals surface area contributed by atoms with Crippen molar-refractivity contribution in [2.75, 3.05) is 0 Å². The molecule has 0 saturated carbocycles. The van der Waals surface area contributed by atoms with Crippen LogP contribution in [0, 0.1) is 0 Å². The van der Waals surface area contributed by atoms with Crippen molar-refractivity contribution in [1.82, 2.24) is 14.9 Å². The number of nitrogens with zero attached hydrogens (tertiary/aromatic N) is 2. The first kappa shape index (κ1) is 12.9. The lowest BCUT2D eigenvalue weighted by molar-refractivity contribution is 0.467. The Labute approximate surface area is 128 Å². The van der Waals surface area contributed by atoms with Crippen LogP contribution in [0.15, 0.2) is 42.5 Å². The SMILES string of the molecule is Cn1c(C2Cc3ccccc3CN2)nc2ccc(Cl)cc21. The van der Waals surface area contributed by atoms with Gasteiger partial charge in [0.1, 0.15) is 5.82 Å². The van der Waals surface area contributed by atoms with E-state index in [4.69, 9.17) is 16.6 Å². The molecule has 0 spiro atoms. The molecule has 0 fully saturated rings. The van der Waals surface area contributed by atoms with Crippen molar-refractivity contribution in [2.24, 2.45) is 7.05 Å². The van der Waals surface area contributed by atoms with E-state index < -0.39 is 0 Å². The minimum Gasteiger partial charge on any atom is -0.330 e. The number of aromatic nitrogens is 2. The molecule has 1 N–H and O–H groups in total. The number of rotatable bonds is 1. The molecule has 4 heteroatoms. The smallest absolute Gasteiger partial charge is 0.127 e. The maximum absolute atomic E-state index is 6.10. The molecule has 1 atom stereocenters. The fraction of sp³-hybridized carbons (Fsp3) is 0.235. The Hall–Kier alpha value is -1.84. The van der Waals surface area contributed by atoms with Crippen LogP contribution < -0.4 is 5.32 Å². The molecule has 4 rings (SSSR count). The highest BCUT2D eigenvalue weighted by atomic mass is 35.5. The summed E-state index contributed by atoms with van der Waals surface area (Å²) in [5.74, 6) is 1.07. The molecule has 1 unspecified atom stereocenters. The van der Waals surface area contributed by atoms with Gasteiger partial charge in [0.15, 0.2) is 0 Å². The Balaban J connectivity index is 1.76. The summed E-state index contributed by atoms with van der Waals surface area (Å²) in [4.78, 5) is 4.79. The van der Waals surface area contributed by atoms with Crippen molar-refractivity contribution in [3.63, 3.8) is 0 Å². The first-order chi connectivity index (χ1) is 10.2. The second-order valence-corrected chi connectivity index (χ2v) is 6.00. The average Bonchev–Trinajstić information content (AvgIpc) is 2.84. The minimum absolute atomic E-state index is 0.246. The van der Waals surface area contributed by atoms with Crippen molar-refractivity contribution in [3.8, 4) is 0 Å². The number of benzene rings is 2. The van der Waals surface area contributed by atoms with E-state index >= 15 is 0 Å². The lowest BCUT2D eigenvalue weighted by atomic mass is 9.95. The second-order valence-electron chi connectivity index (χ2n) is 5.57. The van der Waals surface area contributed by atoms with Gasteiger partial charge in [-0.15, -0.1) is 0 Å². The highest BCUT2D eigenvalue weighted by molar-refractivity contribution is 6.31. The van der Waals surface area contributed by atoms with Crippen LogP contribution in [0.2, 0.25) is 5.02 Å². The number of halogens is 1. The summed E-state index contributed by atoms with van der Waals surface area (Å²) in [5.41, 5.74) is 4.87. The largest absolute Gasteiger partial charge is 0.330 e. The predicted octanol–water partition coefficient (Wildman–Crippen LogP) is 3.61. The maximum atomic E-state index is 6.10. The summed E-state index contributed by atoms with van der Waals surface area (Å²) < 4.78 is 2.15. The molecule has 21 heavy (non-hydrogen) atoms. The summed E-state index contributed by atoms with van der Waals surface area (Å²) in [7, 11) is 2.06. The van der Waals surface area contributed by atoms with E-state index in [1.165, 1.54) is 11.1 Å². The number of aryl methyl sites for hydroxylation is 1. The zero-order valence-electron chi connectivity index (χ0n) is 11.8. The molecule has 0 bridgehead atoms. The molecule has 1 aliphatic heterocycles. The van der Waals surface area contributed by atoms with E-state index in [2.05, 4.69) is 41.2 Å². The van der Waals surface area contributed by atoms with Crippen molar-refractivity contribution >= 4 is 22.6 Å². The highest BCUT2D eigenvalue weighted by Crippen LogP contribution is 2.28. The highest BCUT2D eigenvalue weighted by Gasteiger charge is 2.23. The maximum Gasteiger partial charge on any atom is 0.127 e. The minimum atomic E-state index is 0.246. The van der Waals surface area contributed by atoms with Gasteiger partial charge in [0.25, 0.3) is 0 Å². The van der Waals surface area contributed by atoms with Gasteiger partial charge in [-0.05, 0) is 35.7 Å². The van der Waals surface area contributed by atoms with Gasteiger partial charge < -0.3 is 9.88 Å². The topological polar surface area (TPSA) is 29.9 Å². The number of nitrogens with one attached hydrogen (secondary N) is 1. The summed E-state index contributed by atoms with van der Waals surface area (Å²) in [6.07, 6.45) is 0.973. The molecule has 0 amide bonds. The summed E-state index contributed by atoms with van der Waals surface area (Å²) in [6.45, 7) is 0.894. The zero-order valence-corrected chi connectivity index (χ0v) is 12.6. The van der Waals surface area contributed by atoms with E-state index in [1.54, 1.807) is 0 Å². The van der Waals surface area contributed by atoms with E-state index in [-0.39, 0.29) is 6.04 Å². The third kappa shape index (κ3) is 2.13. The predicted molar refractivity (Wildman–Crippen MR) is 85.5 cm³/mol. The zero-order chi connectivity index (χ0) is 14.4. The standard InChI is InChI=1S/C17H16ClN3/c1-21-16-9-13(18)6-7-14(16)20-17(21)15-8-11-4-2-3-5-12(11)10-19-15/h2-7,9,15,19H,8,10H2,1H3. The van der Waals surface area contributed by atoms with Crippen LogP contribution in [-0.4, -0.2) is 9.55 Å². The van der Waals surface area contributed by atoms with Crippen LogP contribution in [0.25, 0.3) is 11.0 Å². The third-order valence-corrected chi connectivity index (χ3v) is 4.51. The number of hydrogen-bond acceptors (Lipinski definition) is 2. The third-order valence-electron chi connectivity index (χ3n) is 4.27. The molecule has 1 aliphatic rings. The lowest BCUT2D eigenvalue weighted by Crippen LogP contribution is -2.30. The fourth-order valence-corrected chi connectivity index (χ4v) is 3.30. The molecule has 0 aliphatic carbocycles. The first-order valence-corrected chi connectivity index (χ1v) is 7.52. The van der Waals surface area contributed by atoms with Crippen LogP contribution in [0.3, 0.4) is 0 Å². The van der Waals surface area contributed by atoms with Gasteiger partial charge in [0.05, 0.1) is 17.1 Å². The van der Waals surface area contributed by atoms with Crippen LogP contribution in [0.1, 0.15) is 23.0 Å². The van der Waals surface area contributed by atoms with Crippen molar-refractivity contribution in [3.05, 3.63) is 64.4 Å². The number of imidazole rings is 1. The summed E-state index contributed by atoms with van der Waals surface area (Å²) in [6, 6.07) is 14.7. The molecule has 3 nitrogen and oxygen atoms in total. The van der Waals surface area contributed by atoms with E-state index in [9.17, 15) is 0 Å². The van der Waals surface area contributed by atoms with Crippen LogP contribution in [0.4, 0.5) is 0 Å². The molecular weight excluding hydrogens is 282 g/mol. The van der Waals surface area contributed by atoms with Crippen molar-refractivity contribution in [1.29, 1.82) is 0 Å². The molecule has 2 heterocycles. The van der Waals surface area contributed by atoms with Crippen molar-refractivity contribution < 1.29 is 0 Å². The van der Waals surface area contributed by atoms with Gasteiger partial charge in [-0.1, -0.05) is 35.9 Å². The number of fused-ring (bicyclic) bond motifs is 2. The quantitative estimate of drug-likeness (QED) is 0.743. The molecule has 0 saturated heterocycles.